The van der Waals surface area contributed by atoms with Crippen LogP contribution in [0, 0.1) is 5.92 Å². The van der Waals surface area contributed by atoms with Crippen molar-refractivity contribution < 1.29 is 14.7 Å². The van der Waals surface area contributed by atoms with Gasteiger partial charge in [-0.1, -0.05) is 57.2 Å². The summed E-state index contributed by atoms with van der Waals surface area (Å²) in [5, 5.41) is 12.9. The van der Waals surface area contributed by atoms with Crippen molar-refractivity contribution >= 4 is 18.1 Å². The van der Waals surface area contributed by atoms with E-state index in [1.54, 1.807) is 12.1 Å². The van der Waals surface area contributed by atoms with Crippen LogP contribution in [0.15, 0.2) is 53.6 Å². The monoisotopic (exact) mass is 364 g/mol. The Labute approximate surface area is 159 Å². The first-order valence-corrected chi connectivity index (χ1v) is 9.02. The maximum Gasteiger partial charge on any atom is 0.335 e. The number of hydrazone groups is 1. The zero-order valence-corrected chi connectivity index (χ0v) is 15.8. The number of rotatable bonds is 5. The standard InChI is InChI=1S/C22H24N2O3/c1-22(2,3)17-10-8-15(9-11-17)18-12-19(18)20(25)24-23-13-14-4-6-16(7-5-14)21(26)27/h4-11,13,18-19H,12H2,1-3H3,(H,24,25)(H,26,27)/b23-13+. The number of carboxylic acid groups (broad SMARTS) is 1. The molecule has 2 N–H and O–H groups in total. The van der Waals surface area contributed by atoms with Gasteiger partial charge in [-0.2, -0.15) is 5.10 Å². The van der Waals surface area contributed by atoms with Gasteiger partial charge in [0, 0.05) is 5.92 Å². The molecule has 0 heterocycles. The van der Waals surface area contributed by atoms with Crippen molar-refractivity contribution in [1.29, 1.82) is 0 Å². The van der Waals surface area contributed by atoms with E-state index in [0.717, 1.165) is 12.0 Å². The predicted octanol–water partition coefficient (Wildman–Crippen LogP) is 3.94. The lowest BCUT2D eigenvalue weighted by Crippen LogP contribution is -2.20. The summed E-state index contributed by atoms with van der Waals surface area (Å²) in [5.41, 5.74) is 6.12. The molecule has 0 aliphatic heterocycles. The van der Waals surface area contributed by atoms with Crippen LogP contribution in [0.25, 0.3) is 0 Å². The molecular weight excluding hydrogens is 340 g/mol. The van der Waals surface area contributed by atoms with Crippen molar-refractivity contribution in [2.45, 2.75) is 38.5 Å². The van der Waals surface area contributed by atoms with E-state index in [1.165, 1.54) is 29.5 Å². The average Bonchev–Trinajstić information content (AvgIpc) is 3.42. The molecule has 1 aliphatic rings. The number of amides is 1. The van der Waals surface area contributed by atoms with Crippen LogP contribution in [0.3, 0.4) is 0 Å². The Bertz CT molecular complexity index is 862. The van der Waals surface area contributed by atoms with Gasteiger partial charge in [0.1, 0.15) is 0 Å². The normalized spacial score (nSPS) is 19.1. The van der Waals surface area contributed by atoms with Crippen LogP contribution in [0.4, 0.5) is 0 Å². The number of hydrogen-bond donors (Lipinski definition) is 2. The number of nitrogens with zero attached hydrogens (tertiary/aromatic N) is 1. The third kappa shape index (κ3) is 4.61. The van der Waals surface area contributed by atoms with Crippen molar-refractivity contribution in [3.63, 3.8) is 0 Å². The fourth-order valence-electron chi connectivity index (χ4n) is 3.05. The van der Waals surface area contributed by atoms with Gasteiger partial charge in [-0.25, -0.2) is 10.2 Å². The van der Waals surface area contributed by atoms with Gasteiger partial charge >= 0.3 is 5.97 Å². The lowest BCUT2D eigenvalue weighted by Gasteiger charge is -2.19. The highest BCUT2D eigenvalue weighted by Gasteiger charge is 2.43. The Morgan fingerprint density at radius 1 is 1.07 bits per heavy atom. The zero-order chi connectivity index (χ0) is 19.6. The van der Waals surface area contributed by atoms with Crippen LogP contribution in [0.5, 0.6) is 0 Å². The summed E-state index contributed by atoms with van der Waals surface area (Å²) in [5.74, 6) is -0.846. The summed E-state index contributed by atoms with van der Waals surface area (Å²) < 4.78 is 0. The zero-order valence-electron chi connectivity index (χ0n) is 15.8. The van der Waals surface area contributed by atoms with E-state index in [-0.39, 0.29) is 28.7 Å². The van der Waals surface area contributed by atoms with Crippen LogP contribution < -0.4 is 5.43 Å². The first kappa shape index (κ1) is 18.8. The van der Waals surface area contributed by atoms with E-state index in [9.17, 15) is 9.59 Å². The molecule has 1 aliphatic carbocycles. The minimum Gasteiger partial charge on any atom is -0.478 e. The van der Waals surface area contributed by atoms with Gasteiger partial charge in [0.05, 0.1) is 11.8 Å². The van der Waals surface area contributed by atoms with Crippen LogP contribution in [-0.2, 0) is 10.2 Å². The van der Waals surface area contributed by atoms with Crippen molar-refractivity contribution in [2.75, 3.05) is 0 Å². The minimum absolute atomic E-state index is 0.0444. The number of benzene rings is 2. The smallest absolute Gasteiger partial charge is 0.335 e. The quantitative estimate of drug-likeness (QED) is 0.623. The second kappa shape index (κ2) is 7.35. The van der Waals surface area contributed by atoms with E-state index in [4.69, 9.17) is 5.11 Å². The molecule has 1 saturated carbocycles. The maximum absolute atomic E-state index is 12.2. The SMILES string of the molecule is CC(C)(C)c1ccc(C2CC2C(=O)N/N=C/c2ccc(C(=O)O)cc2)cc1. The van der Waals surface area contributed by atoms with Gasteiger partial charge in [-0.15, -0.1) is 0 Å². The average molecular weight is 364 g/mol. The molecule has 3 rings (SSSR count). The Hall–Kier alpha value is -2.95. The van der Waals surface area contributed by atoms with Gasteiger partial charge in [0.15, 0.2) is 0 Å². The number of carbonyl (C=O) groups excluding carboxylic acids is 1. The van der Waals surface area contributed by atoms with Crippen molar-refractivity contribution in [3.05, 3.63) is 70.8 Å². The van der Waals surface area contributed by atoms with E-state index >= 15 is 0 Å². The molecule has 0 bridgehead atoms. The Morgan fingerprint density at radius 3 is 2.26 bits per heavy atom. The van der Waals surface area contributed by atoms with Gasteiger partial charge in [0.25, 0.3) is 0 Å². The molecule has 5 heteroatoms. The molecule has 0 spiro atoms. The number of nitrogens with one attached hydrogen (secondary N) is 1. The van der Waals surface area contributed by atoms with Gasteiger partial charge in [-0.05, 0) is 46.6 Å². The third-order valence-electron chi connectivity index (χ3n) is 4.88. The molecule has 1 amide bonds. The maximum atomic E-state index is 12.2. The summed E-state index contributed by atoms with van der Waals surface area (Å²) in [7, 11) is 0. The highest BCUT2D eigenvalue weighted by atomic mass is 16.4. The van der Waals surface area contributed by atoms with Crippen LogP contribution >= 0.6 is 0 Å². The highest BCUT2D eigenvalue weighted by molar-refractivity contribution is 5.89. The summed E-state index contributed by atoms with van der Waals surface area (Å²) in [4.78, 5) is 23.1. The predicted molar refractivity (Wildman–Crippen MR) is 105 cm³/mol. The summed E-state index contributed by atoms with van der Waals surface area (Å²) in [6.45, 7) is 6.55. The van der Waals surface area contributed by atoms with Gasteiger partial charge in [-0.3, -0.25) is 4.79 Å². The van der Waals surface area contributed by atoms with E-state index in [2.05, 4.69) is 55.6 Å². The number of carboxylic acids is 1. The minimum atomic E-state index is -0.970. The molecule has 140 valence electrons. The molecule has 2 aromatic rings. The first-order chi connectivity index (χ1) is 12.8. The van der Waals surface area contributed by atoms with E-state index in [1.807, 2.05) is 0 Å². The molecular formula is C22H24N2O3. The molecule has 0 aromatic heterocycles. The fraction of sp³-hybridized carbons (Fsp3) is 0.318. The molecule has 2 atom stereocenters. The molecule has 5 nitrogen and oxygen atoms in total. The summed E-state index contributed by atoms with van der Waals surface area (Å²) in [6.07, 6.45) is 2.35. The summed E-state index contributed by atoms with van der Waals surface area (Å²) >= 11 is 0. The molecule has 0 saturated heterocycles. The number of carbonyl (C=O) groups is 2. The molecule has 0 radical (unpaired) electrons. The van der Waals surface area contributed by atoms with Crippen molar-refractivity contribution in [1.82, 2.24) is 5.43 Å². The highest BCUT2D eigenvalue weighted by Crippen LogP contribution is 2.47. The molecule has 27 heavy (non-hydrogen) atoms. The Balaban J connectivity index is 1.53. The second-order valence-electron chi connectivity index (χ2n) is 7.98. The van der Waals surface area contributed by atoms with Crippen molar-refractivity contribution in [3.8, 4) is 0 Å². The number of aromatic carboxylic acids is 1. The Kier molecular flexibility index (Phi) is 5.13. The largest absolute Gasteiger partial charge is 0.478 e. The van der Waals surface area contributed by atoms with Crippen LogP contribution in [-0.4, -0.2) is 23.2 Å². The van der Waals surface area contributed by atoms with E-state index < -0.39 is 5.97 Å². The molecule has 2 unspecified atom stereocenters. The molecule has 1 fully saturated rings. The van der Waals surface area contributed by atoms with Gasteiger partial charge < -0.3 is 5.11 Å². The fourth-order valence-corrected chi connectivity index (χ4v) is 3.05. The summed E-state index contributed by atoms with van der Waals surface area (Å²) in [6, 6.07) is 14.8. The Morgan fingerprint density at radius 2 is 1.70 bits per heavy atom. The lowest BCUT2D eigenvalue weighted by atomic mass is 9.86. The van der Waals surface area contributed by atoms with E-state index in [0.29, 0.717) is 0 Å². The topological polar surface area (TPSA) is 78.8 Å². The lowest BCUT2D eigenvalue weighted by molar-refractivity contribution is -0.122. The van der Waals surface area contributed by atoms with Crippen molar-refractivity contribution in [2.24, 2.45) is 11.0 Å². The first-order valence-electron chi connectivity index (χ1n) is 9.02. The third-order valence-corrected chi connectivity index (χ3v) is 4.88. The van der Waals surface area contributed by atoms with Crippen LogP contribution in [0.1, 0.15) is 60.2 Å². The van der Waals surface area contributed by atoms with Gasteiger partial charge in [0.2, 0.25) is 5.91 Å². The second-order valence-corrected chi connectivity index (χ2v) is 7.98. The van der Waals surface area contributed by atoms with Crippen LogP contribution in [0.2, 0.25) is 0 Å². The molecule has 2 aromatic carbocycles. The number of hydrogen-bond acceptors (Lipinski definition) is 3.